The fraction of sp³-hybridized carbons (Fsp3) is 0.250. The van der Waals surface area contributed by atoms with Crippen LogP contribution in [0.2, 0.25) is 10.0 Å². The first kappa shape index (κ1) is 38.7. The number of halogens is 5. The maximum Gasteiger partial charge on any atom is 0.417 e. The first-order chi connectivity index (χ1) is 27.5. The molecule has 4 N–H and O–H groups in total. The monoisotopic (exact) mass is 836 g/mol. The van der Waals surface area contributed by atoms with Gasteiger partial charge in [-0.05, 0) is 60.7 Å². The van der Waals surface area contributed by atoms with E-state index in [-0.39, 0.29) is 46.2 Å². The summed E-state index contributed by atoms with van der Waals surface area (Å²) in [6, 6.07) is 14.5. The van der Waals surface area contributed by atoms with E-state index in [1.165, 1.54) is 37.4 Å². The lowest BCUT2D eigenvalue weighted by Gasteiger charge is -2.50. The molecule has 0 spiro atoms. The molecule has 0 radical (unpaired) electrons. The summed E-state index contributed by atoms with van der Waals surface area (Å²) in [5.74, 6) is -11.6. The van der Waals surface area contributed by atoms with Gasteiger partial charge in [0.05, 0.1) is 46.6 Å². The number of hydrogen-bond acceptors (Lipinski definition) is 10. The molecule has 0 bridgehead atoms. The van der Waals surface area contributed by atoms with Gasteiger partial charge in [0, 0.05) is 28.8 Å². The number of aromatic carboxylic acids is 1. The van der Waals surface area contributed by atoms with E-state index >= 15 is 4.79 Å². The molecule has 0 unspecified atom stereocenters. The normalized spacial score (nSPS) is 25.3. The highest BCUT2D eigenvalue weighted by atomic mass is 35.5. The summed E-state index contributed by atoms with van der Waals surface area (Å²) >= 11 is 12.5. The fourth-order valence-corrected chi connectivity index (χ4v) is 9.49. The molecule has 298 valence electrons. The SMILES string of the molecule is COc1cccc([C@H]2C3=CC[C@@H]4C(=O)N(c5ccc(C(=O)O)c(O)c5)C(=O)[C@@H]4[C@@H]3C[C@H]3C(=O)N(Nc4ncc(C(F)(F)F)cc4Cl)C(=O)[C@@]23c2ccc(Cl)cc2)c1O. The number of carbonyl (C=O) groups excluding carboxylic acids is 4. The van der Waals surface area contributed by atoms with Gasteiger partial charge in [-0.2, -0.15) is 18.2 Å². The first-order valence-corrected chi connectivity index (χ1v) is 18.4. The molecule has 8 rings (SSSR count). The number of carbonyl (C=O) groups is 5. The minimum absolute atomic E-state index is 0.0193. The Balaban J connectivity index is 1.31. The molecule has 4 aromatic rings. The lowest BCUT2D eigenvalue weighted by atomic mass is 9.49. The summed E-state index contributed by atoms with van der Waals surface area (Å²) in [7, 11) is 1.32. The standard InChI is InChI=1S/C40H29Cl2F3N4O9/c1-58-29-4-2-3-24(32(29)51)31-21-11-12-23-30(36(54)48(34(23)52)20-9-10-22(37(55)56)28(50)14-20)25(21)15-26-35(53)49(38(57)39(26,31)17-5-7-19(41)8-6-17)47-33-27(42)13-18(16-46-33)40(43,44)45/h2-11,13-14,16,23,25-26,30-31,50-51H,12,15H2,1H3,(H,46,47)(H,55,56)/t23-,25+,26-,30-,31+,39+/m0/s1. The van der Waals surface area contributed by atoms with Crippen molar-refractivity contribution in [2.24, 2.45) is 23.7 Å². The molecule has 1 saturated carbocycles. The number of benzene rings is 3. The topological polar surface area (TPSA) is 187 Å². The summed E-state index contributed by atoms with van der Waals surface area (Å²) in [4.78, 5) is 75.0. The highest BCUT2D eigenvalue weighted by molar-refractivity contribution is 6.33. The van der Waals surface area contributed by atoms with Gasteiger partial charge < -0.3 is 20.1 Å². The number of nitrogens with one attached hydrogen (secondary N) is 1. The number of ether oxygens (including phenoxy) is 1. The van der Waals surface area contributed by atoms with Crippen LogP contribution in [0.5, 0.6) is 17.2 Å². The van der Waals surface area contributed by atoms with E-state index in [1.54, 1.807) is 24.3 Å². The number of rotatable bonds is 7. The average molecular weight is 838 g/mol. The Hall–Kier alpha value is -6.13. The number of fused-ring (bicyclic) bond motifs is 4. The van der Waals surface area contributed by atoms with Crippen LogP contribution in [0.1, 0.15) is 45.8 Å². The van der Waals surface area contributed by atoms with Crippen LogP contribution in [-0.2, 0) is 30.8 Å². The molecular weight excluding hydrogens is 808 g/mol. The smallest absolute Gasteiger partial charge is 0.417 e. The van der Waals surface area contributed by atoms with E-state index in [9.17, 15) is 47.7 Å². The van der Waals surface area contributed by atoms with Gasteiger partial charge in [0.25, 0.3) is 11.8 Å². The summed E-state index contributed by atoms with van der Waals surface area (Å²) < 4.78 is 45.9. The summed E-state index contributed by atoms with van der Waals surface area (Å²) in [5, 5.41) is 32.0. The number of carboxylic acid groups (broad SMARTS) is 1. The van der Waals surface area contributed by atoms with Gasteiger partial charge >= 0.3 is 12.1 Å². The molecule has 1 aromatic heterocycles. The maximum atomic E-state index is 15.3. The van der Waals surface area contributed by atoms with Crippen molar-refractivity contribution in [3.63, 3.8) is 0 Å². The highest BCUT2D eigenvalue weighted by Crippen LogP contribution is 2.65. The molecule has 58 heavy (non-hydrogen) atoms. The predicted molar refractivity (Wildman–Crippen MR) is 199 cm³/mol. The number of alkyl halides is 3. The van der Waals surface area contributed by atoms with Crippen molar-refractivity contribution in [1.82, 2.24) is 9.99 Å². The van der Waals surface area contributed by atoms with E-state index in [4.69, 9.17) is 27.9 Å². The van der Waals surface area contributed by atoms with Gasteiger partial charge in [0.1, 0.15) is 11.3 Å². The number of amides is 4. The second-order valence-corrected chi connectivity index (χ2v) is 15.2. The number of phenolic OH excluding ortho intramolecular Hbond substituents is 1. The molecule has 2 aliphatic carbocycles. The zero-order chi connectivity index (χ0) is 41.6. The van der Waals surface area contributed by atoms with Crippen LogP contribution >= 0.6 is 23.2 Å². The number of nitrogens with zero attached hydrogens (tertiary/aromatic N) is 3. The molecule has 3 heterocycles. The van der Waals surface area contributed by atoms with Crippen molar-refractivity contribution in [3.05, 3.63) is 117 Å². The van der Waals surface area contributed by atoms with E-state index in [1.807, 2.05) is 0 Å². The van der Waals surface area contributed by atoms with Crippen LogP contribution in [0.4, 0.5) is 24.7 Å². The molecule has 3 aromatic carbocycles. The van der Waals surface area contributed by atoms with Crippen LogP contribution in [0.15, 0.2) is 84.6 Å². The third kappa shape index (κ3) is 5.68. The Morgan fingerprint density at radius 3 is 2.33 bits per heavy atom. The molecule has 6 atom stereocenters. The van der Waals surface area contributed by atoms with Crippen LogP contribution in [0, 0.1) is 23.7 Å². The third-order valence-corrected chi connectivity index (χ3v) is 12.1. The maximum absolute atomic E-state index is 15.3. The van der Waals surface area contributed by atoms with Gasteiger partial charge in [0.15, 0.2) is 17.3 Å². The highest BCUT2D eigenvalue weighted by Gasteiger charge is 2.71. The minimum atomic E-state index is -4.80. The fourth-order valence-electron chi connectivity index (χ4n) is 9.16. The van der Waals surface area contributed by atoms with E-state index < -0.39 is 98.5 Å². The predicted octanol–water partition coefficient (Wildman–Crippen LogP) is 6.71. The molecule has 13 nitrogen and oxygen atoms in total. The number of phenols is 2. The third-order valence-electron chi connectivity index (χ3n) is 11.6. The number of aromatic hydroxyl groups is 2. The van der Waals surface area contributed by atoms with Crippen LogP contribution < -0.4 is 15.1 Å². The number of methoxy groups -OCH3 is 1. The number of anilines is 2. The van der Waals surface area contributed by atoms with Crippen molar-refractivity contribution >= 4 is 64.3 Å². The number of pyridine rings is 1. The largest absolute Gasteiger partial charge is 0.507 e. The second-order valence-electron chi connectivity index (χ2n) is 14.3. The lowest BCUT2D eigenvalue weighted by Crippen LogP contribution is -2.53. The van der Waals surface area contributed by atoms with Gasteiger partial charge in [-0.3, -0.25) is 24.6 Å². The lowest BCUT2D eigenvalue weighted by molar-refractivity contribution is -0.139. The molecule has 2 aliphatic heterocycles. The second kappa shape index (κ2) is 13.8. The van der Waals surface area contributed by atoms with Crippen molar-refractivity contribution in [2.75, 3.05) is 17.4 Å². The summed E-state index contributed by atoms with van der Waals surface area (Å²) in [6.07, 6.45) is -2.82. The number of para-hydroxylation sites is 1. The zero-order valence-electron chi connectivity index (χ0n) is 29.8. The Kier molecular flexibility index (Phi) is 9.19. The van der Waals surface area contributed by atoms with Crippen LogP contribution in [-0.4, -0.2) is 62.0 Å². The van der Waals surface area contributed by atoms with Crippen LogP contribution in [0.25, 0.3) is 0 Å². The number of carboxylic acids is 1. The Bertz CT molecular complexity index is 2500. The molecular formula is C40H29Cl2F3N4O9. The van der Waals surface area contributed by atoms with E-state index in [0.717, 1.165) is 17.0 Å². The number of allylic oxidation sites excluding steroid dienone is 2. The van der Waals surface area contributed by atoms with E-state index in [0.29, 0.717) is 22.8 Å². The van der Waals surface area contributed by atoms with Crippen molar-refractivity contribution in [2.45, 2.75) is 30.4 Å². The summed E-state index contributed by atoms with van der Waals surface area (Å²) in [6.45, 7) is 0. The van der Waals surface area contributed by atoms with Crippen molar-refractivity contribution in [3.8, 4) is 17.2 Å². The number of hydrogen-bond donors (Lipinski definition) is 4. The molecule has 4 amide bonds. The van der Waals surface area contributed by atoms with Gasteiger partial charge in [0.2, 0.25) is 11.8 Å². The van der Waals surface area contributed by atoms with E-state index in [2.05, 4.69) is 10.4 Å². The Labute approximate surface area is 336 Å². The average Bonchev–Trinajstić information content (AvgIpc) is 3.56. The number of hydrazine groups is 1. The minimum Gasteiger partial charge on any atom is -0.507 e. The summed E-state index contributed by atoms with van der Waals surface area (Å²) in [5.41, 5.74) is -0.239. The first-order valence-electron chi connectivity index (χ1n) is 17.6. The van der Waals surface area contributed by atoms with Gasteiger partial charge in [-0.25, -0.2) is 14.7 Å². The quantitative estimate of drug-likeness (QED) is 0.114. The van der Waals surface area contributed by atoms with Crippen molar-refractivity contribution in [1.29, 1.82) is 0 Å². The van der Waals surface area contributed by atoms with Crippen molar-refractivity contribution < 1.29 is 57.2 Å². The molecule has 2 saturated heterocycles. The number of aromatic nitrogens is 1. The molecule has 4 aliphatic rings. The van der Waals surface area contributed by atoms with Gasteiger partial charge in [-0.15, -0.1) is 0 Å². The Morgan fingerprint density at radius 2 is 1.69 bits per heavy atom. The zero-order valence-corrected chi connectivity index (χ0v) is 31.3. The molecule has 3 fully saturated rings. The van der Waals surface area contributed by atoms with Gasteiger partial charge in [-0.1, -0.05) is 59.1 Å². The number of imide groups is 2. The Morgan fingerprint density at radius 1 is 0.966 bits per heavy atom. The molecule has 18 heteroatoms. The van der Waals surface area contributed by atoms with Crippen LogP contribution in [0.3, 0.4) is 0 Å².